The predicted octanol–water partition coefficient (Wildman–Crippen LogP) is 3.05. The normalized spacial score (nSPS) is 9.92. The summed E-state index contributed by atoms with van der Waals surface area (Å²) < 4.78 is 5.18. The third kappa shape index (κ3) is 1.35. The maximum Gasteiger partial charge on any atom is 0.243 e. The van der Waals surface area contributed by atoms with E-state index >= 15 is 0 Å². The van der Waals surface area contributed by atoms with E-state index in [1.807, 2.05) is 0 Å². The van der Waals surface area contributed by atoms with Crippen molar-refractivity contribution in [1.82, 2.24) is 0 Å². The highest BCUT2D eigenvalue weighted by Gasteiger charge is 2.04. The van der Waals surface area contributed by atoms with Crippen molar-refractivity contribution in [3.63, 3.8) is 0 Å². The molecule has 0 spiro atoms. The molecule has 0 aliphatic rings. The predicted molar refractivity (Wildman–Crippen MR) is 49.0 cm³/mol. The number of furan rings is 1. The number of benzene rings is 1. The van der Waals surface area contributed by atoms with Gasteiger partial charge in [-0.25, -0.2) is 4.79 Å². The van der Waals surface area contributed by atoms with Crippen molar-refractivity contribution in [2.24, 2.45) is 4.99 Å². The van der Waals surface area contributed by atoms with Gasteiger partial charge >= 0.3 is 0 Å². The second-order valence-corrected chi connectivity index (χ2v) is 2.85. The average molecular weight is 194 g/mol. The van der Waals surface area contributed by atoms with Gasteiger partial charge in [-0.3, -0.25) is 0 Å². The van der Waals surface area contributed by atoms with Crippen molar-refractivity contribution < 1.29 is 9.21 Å². The lowest BCUT2D eigenvalue weighted by Crippen LogP contribution is -1.63. The highest BCUT2D eigenvalue weighted by atomic mass is 35.5. The Bertz CT molecular complexity index is 497. The fourth-order valence-corrected chi connectivity index (χ4v) is 1.33. The van der Waals surface area contributed by atoms with Crippen LogP contribution < -0.4 is 0 Å². The van der Waals surface area contributed by atoms with Crippen LogP contribution in [-0.4, -0.2) is 6.08 Å². The van der Waals surface area contributed by atoms with Crippen LogP contribution in [0.15, 0.2) is 33.7 Å². The molecule has 4 heteroatoms. The van der Waals surface area contributed by atoms with Crippen LogP contribution in [0.2, 0.25) is 5.02 Å². The standard InChI is InChI=1S/C9H4ClNO2/c10-7-2-1-3-8-6(7)4-9(13-8)11-5-12/h1-4H. The van der Waals surface area contributed by atoms with Crippen LogP contribution in [0.5, 0.6) is 0 Å². The van der Waals surface area contributed by atoms with Gasteiger partial charge in [0.05, 0.1) is 5.02 Å². The van der Waals surface area contributed by atoms with Crippen molar-refractivity contribution in [2.75, 3.05) is 0 Å². The van der Waals surface area contributed by atoms with Crippen LogP contribution in [0.1, 0.15) is 0 Å². The van der Waals surface area contributed by atoms with Gasteiger partial charge < -0.3 is 4.42 Å². The number of aliphatic imine (C=N–C) groups is 1. The Hall–Kier alpha value is -1.57. The third-order valence-electron chi connectivity index (χ3n) is 1.65. The minimum absolute atomic E-state index is 0.220. The molecule has 0 bridgehead atoms. The van der Waals surface area contributed by atoms with Gasteiger partial charge in [0, 0.05) is 11.5 Å². The van der Waals surface area contributed by atoms with Crippen molar-refractivity contribution in [3.05, 3.63) is 29.3 Å². The van der Waals surface area contributed by atoms with E-state index in [0.29, 0.717) is 10.6 Å². The molecule has 0 unspecified atom stereocenters. The quantitative estimate of drug-likeness (QED) is 0.516. The van der Waals surface area contributed by atoms with E-state index in [-0.39, 0.29) is 5.88 Å². The lowest BCUT2D eigenvalue weighted by Gasteiger charge is -1.88. The van der Waals surface area contributed by atoms with Gasteiger partial charge in [0.2, 0.25) is 12.0 Å². The number of hydrogen-bond donors (Lipinski definition) is 0. The van der Waals surface area contributed by atoms with Crippen LogP contribution in [-0.2, 0) is 4.79 Å². The monoisotopic (exact) mass is 193 g/mol. The number of hydrogen-bond acceptors (Lipinski definition) is 3. The Labute approximate surface area is 78.6 Å². The first-order chi connectivity index (χ1) is 6.31. The highest BCUT2D eigenvalue weighted by molar-refractivity contribution is 6.35. The molecule has 64 valence electrons. The summed E-state index contributed by atoms with van der Waals surface area (Å²) in [6.45, 7) is 0. The molecule has 0 aliphatic carbocycles. The van der Waals surface area contributed by atoms with Crippen molar-refractivity contribution in [3.8, 4) is 0 Å². The Morgan fingerprint density at radius 1 is 1.46 bits per heavy atom. The summed E-state index contributed by atoms with van der Waals surface area (Å²) in [7, 11) is 0. The SMILES string of the molecule is O=C=Nc1cc2c(Cl)cccc2o1. The minimum Gasteiger partial charge on any atom is -0.438 e. The van der Waals surface area contributed by atoms with E-state index in [4.69, 9.17) is 16.0 Å². The molecule has 0 radical (unpaired) electrons. The molecule has 2 aromatic rings. The number of fused-ring (bicyclic) bond motifs is 1. The summed E-state index contributed by atoms with van der Waals surface area (Å²) >= 11 is 5.87. The Morgan fingerprint density at radius 3 is 3.00 bits per heavy atom. The Kier molecular flexibility index (Phi) is 1.89. The van der Waals surface area contributed by atoms with Crippen molar-refractivity contribution >= 4 is 34.5 Å². The summed E-state index contributed by atoms with van der Waals surface area (Å²) in [6.07, 6.45) is 1.40. The van der Waals surface area contributed by atoms with Gasteiger partial charge in [0.25, 0.3) is 0 Å². The Balaban J connectivity index is 2.75. The van der Waals surface area contributed by atoms with Crippen LogP contribution in [0.25, 0.3) is 11.0 Å². The van der Waals surface area contributed by atoms with E-state index in [1.165, 1.54) is 6.08 Å². The molecule has 0 atom stereocenters. The molecule has 0 aliphatic heterocycles. The molecule has 0 saturated carbocycles. The van der Waals surface area contributed by atoms with Crippen molar-refractivity contribution in [1.29, 1.82) is 0 Å². The van der Waals surface area contributed by atoms with Crippen LogP contribution >= 0.6 is 11.6 Å². The zero-order valence-corrected chi connectivity index (χ0v) is 7.21. The van der Waals surface area contributed by atoms with Crippen LogP contribution in [0.3, 0.4) is 0 Å². The second-order valence-electron chi connectivity index (χ2n) is 2.44. The smallest absolute Gasteiger partial charge is 0.243 e. The lowest BCUT2D eigenvalue weighted by atomic mass is 10.2. The topological polar surface area (TPSA) is 42.6 Å². The number of carbonyl (C=O) groups excluding carboxylic acids is 1. The van der Waals surface area contributed by atoms with Gasteiger partial charge in [0.1, 0.15) is 5.58 Å². The molecular formula is C9H4ClNO2. The molecule has 1 aromatic heterocycles. The zero-order chi connectivity index (χ0) is 9.26. The maximum atomic E-state index is 9.95. The molecule has 0 saturated heterocycles. The first kappa shape index (κ1) is 8.05. The first-order valence-electron chi connectivity index (χ1n) is 3.57. The second kappa shape index (κ2) is 3.05. The fraction of sp³-hybridized carbons (Fsp3) is 0. The molecule has 1 aromatic carbocycles. The molecule has 2 rings (SSSR count). The molecule has 13 heavy (non-hydrogen) atoms. The summed E-state index contributed by atoms with van der Waals surface area (Å²) in [5.74, 6) is 0.220. The summed E-state index contributed by atoms with van der Waals surface area (Å²) in [5.41, 5.74) is 0.613. The van der Waals surface area contributed by atoms with Crippen LogP contribution in [0, 0.1) is 0 Å². The van der Waals surface area contributed by atoms with E-state index in [0.717, 1.165) is 5.39 Å². The molecule has 0 N–H and O–H groups in total. The zero-order valence-electron chi connectivity index (χ0n) is 6.45. The average Bonchev–Trinajstić information content (AvgIpc) is 2.49. The molecular weight excluding hydrogens is 190 g/mol. The largest absolute Gasteiger partial charge is 0.438 e. The van der Waals surface area contributed by atoms with E-state index in [1.54, 1.807) is 24.3 Å². The number of rotatable bonds is 1. The fourth-order valence-electron chi connectivity index (χ4n) is 1.11. The van der Waals surface area contributed by atoms with Gasteiger partial charge in [-0.05, 0) is 12.1 Å². The van der Waals surface area contributed by atoms with E-state index in [9.17, 15) is 4.79 Å². The van der Waals surface area contributed by atoms with E-state index in [2.05, 4.69) is 4.99 Å². The number of isocyanates is 1. The first-order valence-corrected chi connectivity index (χ1v) is 3.95. The Morgan fingerprint density at radius 2 is 2.31 bits per heavy atom. The number of nitrogens with zero attached hydrogens (tertiary/aromatic N) is 1. The van der Waals surface area contributed by atoms with Gasteiger partial charge in [-0.2, -0.15) is 0 Å². The molecule has 1 heterocycles. The molecule has 3 nitrogen and oxygen atoms in total. The highest BCUT2D eigenvalue weighted by Crippen LogP contribution is 2.29. The third-order valence-corrected chi connectivity index (χ3v) is 1.98. The number of halogens is 1. The van der Waals surface area contributed by atoms with E-state index < -0.39 is 0 Å². The van der Waals surface area contributed by atoms with Crippen LogP contribution in [0.4, 0.5) is 5.88 Å². The van der Waals surface area contributed by atoms with Gasteiger partial charge in [0.15, 0.2) is 0 Å². The van der Waals surface area contributed by atoms with Gasteiger partial charge in [-0.15, -0.1) is 4.99 Å². The minimum atomic E-state index is 0.220. The molecule has 0 amide bonds. The summed E-state index contributed by atoms with van der Waals surface area (Å²) in [4.78, 5) is 13.3. The van der Waals surface area contributed by atoms with Crippen molar-refractivity contribution in [2.45, 2.75) is 0 Å². The summed E-state index contributed by atoms with van der Waals surface area (Å²) in [5, 5.41) is 1.33. The maximum absolute atomic E-state index is 9.95. The summed E-state index contributed by atoms with van der Waals surface area (Å²) in [6, 6.07) is 6.87. The van der Waals surface area contributed by atoms with Gasteiger partial charge in [-0.1, -0.05) is 17.7 Å². The lowest BCUT2D eigenvalue weighted by molar-refractivity contribution is 0.561. The molecule has 0 fully saturated rings.